The summed E-state index contributed by atoms with van der Waals surface area (Å²) in [5.41, 5.74) is 0.893. The van der Waals surface area contributed by atoms with Crippen molar-refractivity contribution in [2.45, 2.75) is 18.7 Å². The van der Waals surface area contributed by atoms with Gasteiger partial charge in [0, 0.05) is 11.1 Å². The number of hydrogen-bond donors (Lipinski definition) is 2. The summed E-state index contributed by atoms with van der Waals surface area (Å²) < 4.78 is 27.0. The van der Waals surface area contributed by atoms with E-state index in [0.29, 0.717) is 4.88 Å². The van der Waals surface area contributed by atoms with Gasteiger partial charge >= 0.3 is 5.97 Å². The molecule has 2 heterocycles. The van der Waals surface area contributed by atoms with E-state index in [9.17, 15) is 13.2 Å². The van der Waals surface area contributed by atoms with Crippen LogP contribution in [0.5, 0.6) is 0 Å². The Morgan fingerprint density at radius 1 is 1.38 bits per heavy atom. The molecule has 6 nitrogen and oxygen atoms in total. The number of carbonyl (C=O) groups is 1. The minimum Gasteiger partial charge on any atom is -0.477 e. The molecule has 0 unspecified atom stereocenters. The average Bonchev–Trinajstić information content (AvgIpc) is 2.77. The molecule has 9 heteroatoms. The molecule has 0 spiro atoms. The highest BCUT2D eigenvalue weighted by Crippen LogP contribution is 2.29. The fraction of sp³-hybridized carbons (Fsp3) is 0.167. The van der Waals surface area contributed by atoms with Crippen LogP contribution in [0.1, 0.15) is 20.1 Å². The second-order valence-electron chi connectivity index (χ2n) is 4.29. The molecule has 0 bridgehead atoms. The number of aromatic nitrogens is 1. The molecule has 0 atom stereocenters. The van der Waals surface area contributed by atoms with Gasteiger partial charge in [0.05, 0.1) is 5.69 Å². The van der Waals surface area contributed by atoms with Gasteiger partial charge in [0.1, 0.15) is 9.77 Å². The second kappa shape index (κ2) is 5.63. The van der Waals surface area contributed by atoms with E-state index in [-0.39, 0.29) is 20.6 Å². The number of nitrogens with zero attached hydrogens (tertiary/aromatic N) is 1. The Balaban J connectivity index is 2.43. The topological polar surface area (TPSA) is 96.4 Å². The standard InChI is InChI=1S/C12H11ClN2O4S2/c1-6-3-8(11(13)14-5-6)15-21(18,19)10-4-9(12(16)17)20-7(10)2/h3-5,15H,1-2H3,(H,16,17). The van der Waals surface area contributed by atoms with Gasteiger partial charge in [-0.15, -0.1) is 11.3 Å². The van der Waals surface area contributed by atoms with Crippen molar-refractivity contribution in [2.24, 2.45) is 0 Å². The molecule has 21 heavy (non-hydrogen) atoms. The zero-order valence-corrected chi connectivity index (χ0v) is 13.4. The van der Waals surface area contributed by atoms with Crippen LogP contribution < -0.4 is 4.72 Å². The van der Waals surface area contributed by atoms with Crippen molar-refractivity contribution in [3.63, 3.8) is 0 Å². The van der Waals surface area contributed by atoms with E-state index in [4.69, 9.17) is 16.7 Å². The highest BCUT2D eigenvalue weighted by molar-refractivity contribution is 7.93. The Hall–Kier alpha value is -1.64. The third kappa shape index (κ3) is 3.34. The number of thiophene rings is 1. The number of rotatable bonds is 4. The number of halogens is 1. The lowest BCUT2D eigenvalue weighted by atomic mass is 10.3. The first-order valence-corrected chi connectivity index (χ1v) is 8.37. The minimum atomic E-state index is -3.92. The normalized spacial score (nSPS) is 11.4. The minimum absolute atomic E-state index is 0.0236. The smallest absolute Gasteiger partial charge is 0.345 e. The summed E-state index contributed by atoms with van der Waals surface area (Å²) >= 11 is 6.76. The van der Waals surface area contributed by atoms with Crippen LogP contribution >= 0.6 is 22.9 Å². The lowest BCUT2D eigenvalue weighted by molar-refractivity contribution is 0.0702. The van der Waals surface area contributed by atoms with Gasteiger partial charge in [-0.2, -0.15) is 0 Å². The maximum absolute atomic E-state index is 12.3. The van der Waals surface area contributed by atoms with E-state index in [2.05, 4.69) is 9.71 Å². The molecule has 112 valence electrons. The molecule has 0 saturated carbocycles. The van der Waals surface area contributed by atoms with Crippen LogP contribution in [0.3, 0.4) is 0 Å². The quantitative estimate of drug-likeness (QED) is 0.830. The first kappa shape index (κ1) is 15.7. The number of aryl methyl sites for hydroxylation is 2. The van der Waals surface area contributed by atoms with Crippen LogP contribution in [0.15, 0.2) is 23.2 Å². The first-order valence-electron chi connectivity index (χ1n) is 5.69. The van der Waals surface area contributed by atoms with Crippen LogP contribution in [0.25, 0.3) is 0 Å². The van der Waals surface area contributed by atoms with Gasteiger partial charge in [-0.05, 0) is 31.5 Å². The Morgan fingerprint density at radius 2 is 2.05 bits per heavy atom. The molecule has 2 aromatic rings. The third-order valence-electron chi connectivity index (χ3n) is 2.59. The predicted octanol–water partition coefficient (Wildman–Crippen LogP) is 2.91. The molecule has 2 rings (SSSR count). The number of pyridine rings is 1. The fourth-order valence-corrected chi connectivity index (χ4v) is 4.36. The van der Waals surface area contributed by atoms with Gasteiger partial charge in [-0.1, -0.05) is 11.6 Å². The fourth-order valence-electron chi connectivity index (χ4n) is 1.66. The molecule has 0 saturated heterocycles. The molecule has 0 aromatic carbocycles. The molecule has 0 aliphatic carbocycles. The lowest BCUT2D eigenvalue weighted by Crippen LogP contribution is -2.14. The largest absolute Gasteiger partial charge is 0.477 e. The summed E-state index contributed by atoms with van der Waals surface area (Å²) in [7, 11) is -3.92. The molecule has 0 radical (unpaired) electrons. The third-order valence-corrected chi connectivity index (χ3v) is 5.55. The summed E-state index contributed by atoms with van der Waals surface area (Å²) in [5.74, 6) is -1.17. The molecule has 0 aliphatic heterocycles. The van der Waals surface area contributed by atoms with E-state index in [1.807, 2.05) is 0 Å². The second-order valence-corrected chi connectivity index (χ2v) is 7.56. The van der Waals surface area contributed by atoms with Gasteiger partial charge in [-0.25, -0.2) is 18.2 Å². The van der Waals surface area contributed by atoms with Gasteiger partial charge in [0.25, 0.3) is 10.0 Å². The van der Waals surface area contributed by atoms with E-state index >= 15 is 0 Å². The number of hydrogen-bond acceptors (Lipinski definition) is 5. The Bertz CT molecular complexity index is 815. The maximum Gasteiger partial charge on any atom is 0.345 e. The Labute approximate surface area is 130 Å². The summed E-state index contributed by atoms with van der Waals surface area (Å²) in [6.45, 7) is 3.29. The summed E-state index contributed by atoms with van der Waals surface area (Å²) in [6, 6.07) is 2.68. The van der Waals surface area contributed by atoms with Crippen molar-refractivity contribution in [3.05, 3.63) is 38.8 Å². The average molecular weight is 347 g/mol. The van der Waals surface area contributed by atoms with Crippen molar-refractivity contribution in [3.8, 4) is 0 Å². The molecule has 0 amide bonds. The van der Waals surface area contributed by atoms with Crippen LogP contribution in [0.2, 0.25) is 5.15 Å². The van der Waals surface area contributed by atoms with Crippen LogP contribution in [0, 0.1) is 13.8 Å². The first-order chi connectivity index (χ1) is 9.70. The van der Waals surface area contributed by atoms with Crippen LogP contribution in [-0.4, -0.2) is 24.5 Å². The zero-order valence-electron chi connectivity index (χ0n) is 11.0. The summed E-state index contributed by atoms with van der Waals surface area (Å²) in [4.78, 5) is 15.0. The van der Waals surface area contributed by atoms with Crippen molar-refractivity contribution in [1.82, 2.24) is 4.98 Å². The predicted molar refractivity (Wildman–Crippen MR) is 80.8 cm³/mol. The Kier molecular flexibility index (Phi) is 4.22. The van der Waals surface area contributed by atoms with Crippen molar-refractivity contribution < 1.29 is 18.3 Å². The number of nitrogens with one attached hydrogen (secondary N) is 1. The van der Waals surface area contributed by atoms with E-state index in [1.54, 1.807) is 19.9 Å². The zero-order chi connectivity index (χ0) is 15.8. The van der Waals surface area contributed by atoms with Crippen LogP contribution in [-0.2, 0) is 10.0 Å². The van der Waals surface area contributed by atoms with Gasteiger partial charge < -0.3 is 5.11 Å². The number of anilines is 1. The van der Waals surface area contributed by atoms with E-state index < -0.39 is 16.0 Å². The van der Waals surface area contributed by atoms with E-state index in [1.165, 1.54) is 6.20 Å². The number of sulfonamides is 1. The lowest BCUT2D eigenvalue weighted by Gasteiger charge is -2.09. The molecule has 0 aliphatic rings. The van der Waals surface area contributed by atoms with Crippen molar-refractivity contribution in [2.75, 3.05) is 4.72 Å². The molecule has 0 fully saturated rings. The summed E-state index contributed by atoms with van der Waals surface area (Å²) in [5, 5.41) is 8.95. The van der Waals surface area contributed by atoms with Crippen molar-refractivity contribution in [1.29, 1.82) is 0 Å². The van der Waals surface area contributed by atoms with E-state index in [0.717, 1.165) is 23.0 Å². The molecular formula is C12H11ClN2O4S2. The highest BCUT2D eigenvalue weighted by atomic mass is 35.5. The summed E-state index contributed by atoms with van der Waals surface area (Å²) in [6.07, 6.45) is 1.51. The molecule has 2 aromatic heterocycles. The van der Waals surface area contributed by atoms with Gasteiger partial charge in [0.15, 0.2) is 5.15 Å². The Morgan fingerprint density at radius 3 is 2.62 bits per heavy atom. The monoisotopic (exact) mass is 346 g/mol. The number of carboxylic acids is 1. The maximum atomic E-state index is 12.3. The highest BCUT2D eigenvalue weighted by Gasteiger charge is 2.23. The molecular weight excluding hydrogens is 336 g/mol. The number of aromatic carboxylic acids is 1. The van der Waals surface area contributed by atoms with Crippen LogP contribution in [0.4, 0.5) is 5.69 Å². The molecule has 2 N–H and O–H groups in total. The van der Waals surface area contributed by atoms with Crippen molar-refractivity contribution >= 4 is 44.6 Å². The van der Waals surface area contributed by atoms with Gasteiger partial charge in [0.2, 0.25) is 0 Å². The number of carboxylic acid groups (broad SMARTS) is 1. The van der Waals surface area contributed by atoms with Gasteiger partial charge in [-0.3, -0.25) is 4.72 Å². The SMILES string of the molecule is Cc1cnc(Cl)c(NS(=O)(=O)c2cc(C(=O)O)sc2C)c1.